The number of aryl methyl sites for hydroxylation is 1. The molecule has 0 aliphatic heterocycles. The number of imide groups is 1. The lowest BCUT2D eigenvalue weighted by atomic mass is 10.0. The maximum atomic E-state index is 12.2. The van der Waals surface area contributed by atoms with Crippen molar-refractivity contribution in [1.82, 2.24) is 5.32 Å². The van der Waals surface area contributed by atoms with Crippen LogP contribution in [0.25, 0.3) is 0 Å². The zero-order chi connectivity index (χ0) is 20.9. The van der Waals surface area contributed by atoms with E-state index in [4.69, 9.17) is 4.74 Å². The number of aromatic hydroxyl groups is 1. The summed E-state index contributed by atoms with van der Waals surface area (Å²) in [6.45, 7) is 2.37. The second-order valence-corrected chi connectivity index (χ2v) is 7.18. The Bertz CT molecular complexity index is 753. The third-order valence-corrected chi connectivity index (χ3v) is 4.72. The highest BCUT2D eigenvalue weighted by atomic mass is 16.5. The number of carbonyl (C=O) groups is 2. The Hall–Kier alpha value is -2.82. The molecule has 0 atom stereocenters. The summed E-state index contributed by atoms with van der Waals surface area (Å²) in [7, 11) is 0. The predicted molar refractivity (Wildman–Crippen MR) is 114 cm³/mol. The Balaban J connectivity index is 1.67. The SMILES string of the molecule is CCCCCCCCc1ccc(C(=O)NC(=O)CCOc2ccc(O)cc2)cc1. The average molecular weight is 398 g/mol. The topological polar surface area (TPSA) is 75.6 Å². The number of rotatable bonds is 12. The molecule has 0 unspecified atom stereocenters. The van der Waals surface area contributed by atoms with Crippen LogP contribution in [0.3, 0.4) is 0 Å². The van der Waals surface area contributed by atoms with Crippen LogP contribution in [0.5, 0.6) is 11.5 Å². The molecule has 0 aromatic heterocycles. The molecule has 156 valence electrons. The molecule has 0 aliphatic carbocycles. The molecule has 5 nitrogen and oxygen atoms in total. The van der Waals surface area contributed by atoms with Crippen LogP contribution in [0.15, 0.2) is 48.5 Å². The highest BCUT2D eigenvalue weighted by molar-refractivity contribution is 6.04. The van der Waals surface area contributed by atoms with Crippen molar-refractivity contribution in [3.05, 3.63) is 59.7 Å². The largest absolute Gasteiger partial charge is 0.508 e. The van der Waals surface area contributed by atoms with Gasteiger partial charge in [-0.05, 0) is 54.8 Å². The zero-order valence-corrected chi connectivity index (χ0v) is 17.2. The number of hydrogen-bond acceptors (Lipinski definition) is 4. The molecule has 0 fully saturated rings. The third kappa shape index (κ3) is 8.81. The van der Waals surface area contributed by atoms with Crippen LogP contribution in [-0.2, 0) is 11.2 Å². The molecule has 2 N–H and O–H groups in total. The maximum absolute atomic E-state index is 12.2. The van der Waals surface area contributed by atoms with Crippen molar-refractivity contribution in [2.45, 2.75) is 58.3 Å². The first-order valence-electron chi connectivity index (χ1n) is 10.4. The summed E-state index contributed by atoms with van der Waals surface area (Å²) in [4.78, 5) is 24.1. The number of phenolic OH excluding ortho intramolecular Hbond substituents is 1. The van der Waals surface area contributed by atoms with E-state index in [1.807, 2.05) is 12.1 Å². The second-order valence-electron chi connectivity index (χ2n) is 7.18. The zero-order valence-electron chi connectivity index (χ0n) is 17.2. The normalized spacial score (nSPS) is 10.5. The minimum absolute atomic E-state index is 0.0722. The van der Waals surface area contributed by atoms with Gasteiger partial charge in [-0.1, -0.05) is 51.2 Å². The molecule has 2 amide bonds. The first-order valence-corrected chi connectivity index (χ1v) is 10.4. The molecule has 2 aromatic rings. The van der Waals surface area contributed by atoms with E-state index in [0.29, 0.717) is 11.3 Å². The molecule has 2 aromatic carbocycles. The second kappa shape index (κ2) is 12.6. The van der Waals surface area contributed by atoms with Crippen LogP contribution in [-0.4, -0.2) is 23.5 Å². The lowest BCUT2D eigenvalue weighted by Gasteiger charge is -2.07. The highest BCUT2D eigenvalue weighted by Crippen LogP contribution is 2.16. The summed E-state index contributed by atoms with van der Waals surface area (Å²) in [6, 6.07) is 13.7. The van der Waals surface area contributed by atoms with Gasteiger partial charge >= 0.3 is 0 Å². The van der Waals surface area contributed by atoms with Gasteiger partial charge in [0.1, 0.15) is 11.5 Å². The summed E-state index contributed by atoms with van der Waals surface area (Å²) in [5, 5.41) is 11.6. The first kappa shape index (κ1) is 22.5. The van der Waals surface area contributed by atoms with Crippen LogP contribution in [0.1, 0.15) is 67.8 Å². The van der Waals surface area contributed by atoms with Gasteiger partial charge in [-0.15, -0.1) is 0 Å². The first-order chi connectivity index (χ1) is 14.1. The van der Waals surface area contributed by atoms with Gasteiger partial charge in [-0.25, -0.2) is 0 Å². The van der Waals surface area contributed by atoms with E-state index in [1.165, 1.54) is 49.8 Å². The molecule has 29 heavy (non-hydrogen) atoms. The molecule has 5 heteroatoms. The Morgan fingerprint density at radius 3 is 2.24 bits per heavy atom. The minimum Gasteiger partial charge on any atom is -0.508 e. The summed E-state index contributed by atoms with van der Waals surface area (Å²) >= 11 is 0. The van der Waals surface area contributed by atoms with E-state index in [1.54, 1.807) is 24.3 Å². The number of ether oxygens (including phenoxy) is 1. The fourth-order valence-electron chi connectivity index (χ4n) is 3.00. The van der Waals surface area contributed by atoms with Crippen molar-refractivity contribution >= 4 is 11.8 Å². The number of hydrogen-bond donors (Lipinski definition) is 2. The fraction of sp³-hybridized carbons (Fsp3) is 0.417. The molecule has 0 saturated heterocycles. The monoisotopic (exact) mass is 397 g/mol. The standard InChI is InChI=1S/C24H31NO4/c1-2-3-4-5-6-7-8-19-9-11-20(12-10-19)24(28)25-23(27)17-18-29-22-15-13-21(26)14-16-22/h9-16,26H,2-8,17-18H2,1H3,(H,25,27,28). The molecule has 0 bridgehead atoms. The highest BCUT2D eigenvalue weighted by Gasteiger charge is 2.10. The summed E-state index contributed by atoms with van der Waals surface area (Å²) in [6.07, 6.45) is 8.65. The number of phenols is 1. The van der Waals surface area contributed by atoms with Gasteiger partial charge in [-0.3, -0.25) is 14.9 Å². The van der Waals surface area contributed by atoms with E-state index in [9.17, 15) is 14.7 Å². The molecule has 2 rings (SSSR count). The van der Waals surface area contributed by atoms with Crippen LogP contribution in [0.4, 0.5) is 0 Å². The van der Waals surface area contributed by atoms with Crippen molar-refractivity contribution < 1.29 is 19.4 Å². The number of carbonyl (C=O) groups excluding carboxylic acids is 2. The van der Waals surface area contributed by atoms with Gasteiger partial charge in [0.2, 0.25) is 5.91 Å². The Morgan fingerprint density at radius 1 is 0.897 bits per heavy atom. The Kier molecular flexibility index (Phi) is 9.76. The Labute approximate surface area is 173 Å². The van der Waals surface area contributed by atoms with Gasteiger partial charge in [0.15, 0.2) is 0 Å². The smallest absolute Gasteiger partial charge is 0.257 e. The Morgan fingerprint density at radius 2 is 1.55 bits per heavy atom. The molecule has 0 spiro atoms. The molecular formula is C24H31NO4. The van der Waals surface area contributed by atoms with E-state index in [-0.39, 0.29) is 24.7 Å². The van der Waals surface area contributed by atoms with Crippen LogP contribution < -0.4 is 10.1 Å². The summed E-state index contributed by atoms with van der Waals surface area (Å²) in [5.41, 5.74) is 1.69. The fourth-order valence-corrected chi connectivity index (χ4v) is 3.00. The third-order valence-electron chi connectivity index (χ3n) is 4.72. The van der Waals surface area contributed by atoms with E-state index >= 15 is 0 Å². The van der Waals surface area contributed by atoms with Gasteiger partial charge in [0.05, 0.1) is 13.0 Å². The molecule has 0 heterocycles. The van der Waals surface area contributed by atoms with E-state index < -0.39 is 5.91 Å². The van der Waals surface area contributed by atoms with Gasteiger partial charge in [0.25, 0.3) is 5.91 Å². The van der Waals surface area contributed by atoms with Crippen LogP contribution >= 0.6 is 0 Å². The lowest BCUT2D eigenvalue weighted by molar-refractivity contribution is -0.120. The number of benzene rings is 2. The van der Waals surface area contributed by atoms with E-state index in [0.717, 1.165) is 12.8 Å². The van der Waals surface area contributed by atoms with Gasteiger partial charge < -0.3 is 9.84 Å². The number of nitrogens with one attached hydrogen (secondary N) is 1. The van der Waals surface area contributed by atoms with Gasteiger partial charge in [-0.2, -0.15) is 0 Å². The van der Waals surface area contributed by atoms with Crippen molar-refractivity contribution in [2.24, 2.45) is 0 Å². The summed E-state index contributed by atoms with van der Waals surface area (Å²) < 4.78 is 5.42. The minimum atomic E-state index is -0.397. The molecule has 0 aliphatic rings. The van der Waals surface area contributed by atoms with Crippen molar-refractivity contribution in [3.63, 3.8) is 0 Å². The van der Waals surface area contributed by atoms with Gasteiger partial charge in [0, 0.05) is 5.56 Å². The number of amides is 2. The quantitative estimate of drug-likeness (QED) is 0.493. The van der Waals surface area contributed by atoms with E-state index in [2.05, 4.69) is 12.2 Å². The lowest BCUT2D eigenvalue weighted by Crippen LogP contribution is -2.31. The number of unbranched alkanes of at least 4 members (excludes halogenated alkanes) is 5. The average Bonchev–Trinajstić information content (AvgIpc) is 2.72. The molecular weight excluding hydrogens is 366 g/mol. The van der Waals surface area contributed by atoms with Crippen molar-refractivity contribution in [2.75, 3.05) is 6.61 Å². The molecule has 0 radical (unpaired) electrons. The summed E-state index contributed by atoms with van der Waals surface area (Å²) in [5.74, 6) is -0.0720. The maximum Gasteiger partial charge on any atom is 0.257 e. The van der Waals surface area contributed by atoms with Crippen molar-refractivity contribution in [1.29, 1.82) is 0 Å². The van der Waals surface area contributed by atoms with Crippen LogP contribution in [0.2, 0.25) is 0 Å². The van der Waals surface area contributed by atoms with Crippen molar-refractivity contribution in [3.8, 4) is 11.5 Å². The predicted octanol–water partition coefficient (Wildman–Crippen LogP) is 5.02. The van der Waals surface area contributed by atoms with Crippen LogP contribution in [0, 0.1) is 0 Å². The molecule has 0 saturated carbocycles.